The van der Waals surface area contributed by atoms with Gasteiger partial charge >= 0.3 is 0 Å². The first-order valence-corrected chi connectivity index (χ1v) is 7.90. The maximum Gasteiger partial charge on any atom is 0.116 e. The predicted molar refractivity (Wildman–Crippen MR) is 87.0 cm³/mol. The summed E-state index contributed by atoms with van der Waals surface area (Å²) < 4.78 is 0. The van der Waals surface area contributed by atoms with Crippen molar-refractivity contribution in [2.45, 2.75) is 31.3 Å². The van der Waals surface area contributed by atoms with Gasteiger partial charge in [0.25, 0.3) is 0 Å². The van der Waals surface area contributed by atoms with Crippen LogP contribution in [0.5, 0.6) is 5.75 Å². The molecule has 3 heteroatoms. The molecule has 2 atom stereocenters. The monoisotopic (exact) mass is 282 g/mol. The standard InChI is InChI=1S/C18H22N2O/c1-19-16-3-2-4-17(19)12-20(11-16)15-7-5-13-6-8-18(21)10-14(13)9-15/h5-10,16-17,21H,2-4,11-12H2,1H3. The molecule has 2 aliphatic heterocycles. The van der Waals surface area contributed by atoms with Crippen LogP contribution in [-0.2, 0) is 0 Å². The van der Waals surface area contributed by atoms with Crippen molar-refractivity contribution >= 4 is 16.5 Å². The number of piperidine rings is 1. The topological polar surface area (TPSA) is 26.7 Å². The third-order valence-corrected chi connectivity index (χ3v) is 5.26. The summed E-state index contributed by atoms with van der Waals surface area (Å²) in [4.78, 5) is 5.10. The summed E-state index contributed by atoms with van der Waals surface area (Å²) in [6.07, 6.45) is 4.01. The van der Waals surface area contributed by atoms with E-state index in [4.69, 9.17) is 0 Å². The van der Waals surface area contributed by atoms with E-state index < -0.39 is 0 Å². The van der Waals surface area contributed by atoms with E-state index in [0.717, 1.165) is 18.5 Å². The number of aromatic hydroxyl groups is 1. The molecule has 0 spiro atoms. The molecule has 3 nitrogen and oxygen atoms in total. The Labute approximate surface area is 125 Å². The summed E-state index contributed by atoms with van der Waals surface area (Å²) >= 11 is 0. The Kier molecular flexibility index (Phi) is 3.03. The average Bonchev–Trinajstić information content (AvgIpc) is 2.46. The van der Waals surface area contributed by atoms with Crippen LogP contribution in [0.15, 0.2) is 36.4 Å². The fourth-order valence-electron chi connectivity index (χ4n) is 3.95. The van der Waals surface area contributed by atoms with E-state index in [2.05, 4.69) is 35.0 Å². The van der Waals surface area contributed by atoms with Gasteiger partial charge in [0.1, 0.15) is 5.75 Å². The Bertz CT molecular complexity index is 655. The number of phenolic OH excluding ortho intramolecular Hbond substituents is 1. The second-order valence-corrected chi connectivity index (χ2v) is 6.52. The number of anilines is 1. The lowest BCUT2D eigenvalue weighted by Gasteiger charge is -2.49. The van der Waals surface area contributed by atoms with Gasteiger partial charge in [-0.3, -0.25) is 4.90 Å². The number of hydrogen-bond acceptors (Lipinski definition) is 3. The molecular formula is C18H22N2O. The molecule has 0 aromatic heterocycles. The van der Waals surface area contributed by atoms with Gasteiger partial charge in [0, 0.05) is 30.9 Å². The quantitative estimate of drug-likeness (QED) is 0.870. The van der Waals surface area contributed by atoms with E-state index in [0.29, 0.717) is 17.8 Å². The van der Waals surface area contributed by atoms with Crippen molar-refractivity contribution in [3.05, 3.63) is 36.4 Å². The minimum atomic E-state index is 0.342. The molecule has 0 radical (unpaired) electrons. The average molecular weight is 282 g/mol. The molecule has 2 unspecified atom stereocenters. The van der Waals surface area contributed by atoms with Crippen LogP contribution in [-0.4, -0.2) is 42.2 Å². The van der Waals surface area contributed by atoms with Gasteiger partial charge in [0.05, 0.1) is 0 Å². The highest BCUT2D eigenvalue weighted by atomic mass is 16.3. The predicted octanol–water partition coefficient (Wildman–Crippen LogP) is 3.22. The van der Waals surface area contributed by atoms with Crippen LogP contribution >= 0.6 is 0 Å². The largest absolute Gasteiger partial charge is 0.508 e. The summed E-state index contributed by atoms with van der Waals surface area (Å²) in [5.74, 6) is 0.342. The Morgan fingerprint density at radius 2 is 1.67 bits per heavy atom. The lowest BCUT2D eigenvalue weighted by molar-refractivity contribution is 0.0951. The molecule has 0 aliphatic carbocycles. The van der Waals surface area contributed by atoms with Gasteiger partial charge in [-0.1, -0.05) is 18.6 Å². The number of nitrogens with zero attached hydrogens (tertiary/aromatic N) is 2. The number of hydrogen-bond donors (Lipinski definition) is 1. The van der Waals surface area contributed by atoms with Crippen LogP contribution in [0, 0.1) is 0 Å². The number of piperazine rings is 1. The van der Waals surface area contributed by atoms with E-state index in [9.17, 15) is 5.11 Å². The molecular weight excluding hydrogens is 260 g/mol. The molecule has 2 fully saturated rings. The molecule has 2 aliphatic rings. The second-order valence-electron chi connectivity index (χ2n) is 6.52. The van der Waals surface area contributed by atoms with Gasteiger partial charge in [0.2, 0.25) is 0 Å². The van der Waals surface area contributed by atoms with Gasteiger partial charge in [-0.2, -0.15) is 0 Å². The first kappa shape index (κ1) is 13.0. The Balaban J connectivity index is 1.67. The summed E-state index contributed by atoms with van der Waals surface area (Å²) in [6.45, 7) is 2.24. The maximum atomic E-state index is 9.68. The fraction of sp³-hybridized carbons (Fsp3) is 0.444. The van der Waals surface area contributed by atoms with Crippen LogP contribution in [0.4, 0.5) is 5.69 Å². The highest BCUT2D eigenvalue weighted by Gasteiger charge is 2.34. The van der Waals surface area contributed by atoms with E-state index in [-0.39, 0.29) is 0 Å². The first-order chi connectivity index (χ1) is 10.2. The molecule has 2 bridgehead atoms. The Morgan fingerprint density at radius 1 is 0.952 bits per heavy atom. The SMILES string of the molecule is CN1C2CCCC1CN(c1ccc3ccc(O)cc3c1)C2. The van der Waals surface area contributed by atoms with Crippen molar-refractivity contribution < 1.29 is 5.11 Å². The number of fused-ring (bicyclic) bond motifs is 3. The fourth-order valence-corrected chi connectivity index (χ4v) is 3.95. The zero-order valence-corrected chi connectivity index (χ0v) is 12.5. The third kappa shape index (κ3) is 2.26. The molecule has 0 saturated carbocycles. The van der Waals surface area contributed by atoms with E-state index in [1.807, 2.05) is 12.1 Å². The van der Waals surface area contributed by atoms with Crippen molar-refractivity contribution in [1.82, 2.24) is 4.90 Å². The Hall–Kier alpha value is -1.74. The minimum absolute atomic E-state index is 0.342. The number of likely N-dealkylation sites (N-methyl/N-ethyl adjacent to an activating group) is 1. The van der Waals surface area contributed by atoms with Crippen molar-refractivity contribution in [2.75, 3.05) is 25.0 Å². The molecule has 2 aromatic rings. The summed E-state index contributed by atoms with van der Waals surface area (Å²) in [5, 5.41) is 12.0. The zero-order chi connectivity index (χ0) is 14.4. The van der Waals surface area contributed by atoms with Crippen LogP contribution in [0.1, 0.15) is 19.3 Å². The summed E-state index contributed by atoms with van der Waals surface area (Å²) in [7, 11) is 2.28. The normalized spacial score (nSPS) is 26.2. The van der Waals surface area contributed by atoms with Crippen molar-refractivity contribution in [1.29, 1.82) is 0 Å². The molecule has 21 heavy (non-hydrogen) atoms. The smallest absolute Gasteiger partial charge is 0.116 e. The van der Waals surface area contributed by atoms with E-state index in [1.165, 1.54) is 30.3 Å². The van der Waals surface area contributed by atoms with Gasteiger partial charge < -0.3 is 10.0 Å². The maximum absolute atomic E-state index is 9.68. The number of phenols is 1. The van der Waals surface area contributed by atoms with Gasteiger partial charge in [0.15, 0.2) is 0 Å². The Morgan fingerprint density at radius 3 is 2.43 bits per heavy atom. The van der Waals surface area contributed by atoms with Crippen molar-refractivity contribution in [2.24, 2.45) is 0 Å². The third-order valence-electron chi connectivity index (χ3n) is 5.26. The molecule has 1 N–H and O–H groups in total. The van der Waals surface area contributed by atoms with Crippen molar-refractivity contribution in [3.8, 4) is 5.75 Å². The molecule has 110 valence electrons. The number of rotatable bonds is 1. The first-order valence-electron chi connectivity index (χ1n) is 7.90. The van der Waals surface area contributed by atoms with Gasteiger partial charge in [-0.05, 0) is 54.9 Å². The molecule has 2 saturated heterocycles. The van der Waals surface area contributed by atoms with Gasteiger partial charge in [-0.15, -0.1) is 0 Å². The molecule has 0 amide bonds. The second kappa shape index (κ2) is 4.92. The summed E-state index contributed by atoms with van der Waals surface area (Å²) in [6, 6.07) is 13.6. The molecule has 4 rings (SSSR count). The van der Waals surface area contributed by atoms with Gasteiger partial charge in [-0.25, -0.2) is 0 Å². The highest BCUT2D eigenvalue weighted by Crippen LogP contribution is 2.32. The van der Waals surface area contributed by atoms with Crippen LogP contribution in [0.2, 0.25) is 0 Å². The number of benzene rings is 2. The zero-order valence-electron chi connectivity index (χ0n) is 12.5. The molecule has 2 heterocycles. The minimum Gasteiger partial charge on any atom is -0.508 e. The summed E-state index contributed by atoms with van der Waals surface area (Å²) in [5.41, 5.74) is 1.29. The van der Waals surface area contributed by atoms with Crippen LogP contribution < -0.4 is 4.90 Å². The molecule has 2 aromatic carbocycles. The highest BCUT2D eigenvalue weighted by molar-refractivity contribution is 5.87. The lowest BCUT2D eigenvalue weighted by Crippen LogP contribution is -2.59. The van der Waals surface area contributed by atoms with Crippen molar-refractivity contribution in [3.63, 3.8) is 0 Å². The van der Waals surface area contributed by atoms with Crippen LogP contribution in [0.25, 0.3) is 10.8 Å². The van der Waals surface area contributed by atoms with E-state index >= 15 is 0 Å². The lowest BCUT2D eigenvalue weighted by atomic mass is 9.91. The van der Waals surface area contributed by atoms with Crippen LogP contribution in [0.3, 0.4) is 0 Å². The van der Waals surface area contributed by atoms with E-state index in [1.54, 1.807) is 6.07 Å².